The van der Waals surface area contributed by atoms with E-state index in [1.807, 2.05) is 0 Å². The molecule has 0 saturated carbocycles. The quantitative estimate of drug-likeness (QED) is 0.375. The van der Waals surface area contributed by atoms with E-state index in [0.717, 1.165) is 18.9 Å². The van der Waals surface area contributed by atoms with Crippen molar-refractivity contribution in [2.45, 2.75) is 26.3 Å². The number of aromatic nitrogens is 1. The molecule has 0 aliphatic rings. The number of hydrogen-bond acceptors (Lipinski definition) is 2. The van der Waals surface area contributed by atoms with Crippen molar-refractivity contribution in [1.29, 1.82) is 0 Å². The summed E-state index contributed by atoms with van der Waals surface area (Å²) in [4.78, 5) is 7.60. The molecule has 3 N–H and O–H groups in total. The fraction of sp³-hybridized carbons (Fsp3) is 0.471. The molecule has 0 amide bonds. The third-order valence-electron chi connectivity index (χ3n) is 3.72. The van der Waals surface area contributed by atoms with E-state index in [1.165, 1.54) is 22.0 Å². The van der Waals surface area contributed by atoms with Crippen LogP contribution < -0.4 is 10.6 Å². The molecule has 128 valence electrons. The summed E-state index contributed by atoms with van der Waals surface area (Å²) in [6, 6.07) is 6.63. The van der Waals surface area contributed by atoms with E-state index < -0.39 is 0 Å². The van der Waals surface area contributed by atoms with Crippen LogP contribution in [0.15, 0.2) is 29.4 Å². The molecule has 1 aromatic carbocycles. The number of rotatable bonds is 6. The lowest BCUT2D eigenvalue weighted by Gasteiger charge is -2.17. The fourth-order valence-electron chi connectivity index (χ4n) is 2.61. The Kier molecular flexibility index (Phi) is 8.40. The molecule has 6 heteroatoms. The highest BCUT2D eigenvalue weighted by atomic mass is 127. The predicted octanol–water partition coefficient (Wildman–Crippen LogP) is 2.84. The van der Waals surface area contributed by atoms with Crippen LogP contribution >= 0.6 is 24.0 Å². The van der Waals surface area contributed by atoms with Crippen LogP contribution in [0.25, 0.3) is 10.9 Å². The van der Waals surface area contributed by atoms with Crippen LogP contribution in [0.4, 0.5) is 0 Å². The van der Waals surface area contributed by atoms with Gasteiger partial charge < -0.3 is 20.4 Å². The Morgan fingerprint density at radius 3 is 2.87 bits per heavy atom. The number of aliphatic imine (C=N–C) groups is 1. The molecule has 2 aromatic rings. The van der Waals surface area contributed by atoms with Crippen molar-refractivity contribution >= 4 is 40.8 Å². The standard InChI is InChI=1S/C17H26N4O.HI/c1-12-6-5-7-15-14(10-20-16(12)15)8-9-19-17(18-3)21-13(2)11-22-4;/h5-7,10,13,20H,8-9,11H2,1-4H3,(H2,18,19,21);1H. The van der Waals surface area contributed by atoms with Crippen LogP contribution in [-0.2, 0) is 11.2 Å². The van der Waals surface area contributed by atoms with Gasteiger partial charge in [-0.1, -0.05) is 18.2 Å². The lowest BCUT2D eigenvalue weighted by atomic mass is 10.1. The van der Waals surface area contributed by atoms with Gasteiger partial charge in [-0.05, 0) is 31.4 Å². The van der Waals surface area contributed by atoms with Crippen molar-refractivity contribution in [1.82, 2.24) is 15.6 Å². The second-order valence-electron chi connectivity index (χ2n) is 5.56. The fourth-order valence-corrected chi connectivity index (χ4v) is 2.61. The Morgan fingerprint density at radius 2 is 2.17 bits per heavy atom. The maximum Gasteiger partial charge on any atom is 0.191 e. The second kappa shape index (κ2) is 9.77. The normalized spacial score (nSPS) is 12.8. The van der Waals surface area contributed by atoms with E-state index in [4.69, 9.17) is 4.74 Å². The van der Waals surface area contributed by atoms with E-state index >= 15 is 0 Å². The Labute approximate surface area is 155 Å². The van der Waals surface area contributed by atoms with Gasteiger partial charge in [0.2, 0.25) is 0 Å². The van der Waals surface area contributed by atoms with Crippen LogP contribution in [0, 0.1) is 6.92 Å². The molecule has 1 unspecified atom stereocenters. The van der Waals surface area contributed by atoms with Gasteiger partial charge in [0.05, 0.1) is 6.61 Å². The summed E-state index contributed by atoms with van der Waals surface area (Å²) in [6.07, 6.45) is 3.05. The van der Waals surface area contributed by atoms with E-state index in [1.54, 1.807) is 14.2 Å². The molecule has 0 bridgehead atoms. The third kappa shape index (κ3) is 5.39. The van der Waals surface area contributed by atoms with Crippen molar-refractivity contribution in [3.05, 3.63) is 35.5 Å². The minimum atomic E-state index is 0. The number of aryl methyl sites for hydroxylation is 1. The Bertz CT molecular complexity index is 639. The Balaban J connectivity index is 0.00000264. The first-order valence-electron chi connectivity index (χ1n) is 7.67. The zero-order chi connectivity index (χ0) is 15.9. The molecule has 23 heavy (non-hydrogen) atoms. The van der Waals surface area contributed by atoms with Gasteiger partial charge in [-0.3, -0.25) is 4.99 Å². The number of H-pyrrole nitrogens is 1. The molecule has 0 fully saturated rings. The van der Waals surface area contributed by atoms with Gasteiger partial charge in [0.15, 0.2) is 5.96 Å². The van der Waals surface area contributed by atoms with Crippen LogP contribution in [-0.4, -0.2) is 44.3 Å². The molecular formula is C17H27IN4O. The molecule has 0 saturated heterocycles. The number of ether oxygens (including phenoxy) is 1. The van der Waals surface area contributed by atoms with Crippen LogP contribution in [0.5, 0.6) is 0 Å². The number of nitrogens with zero attached hydrogens (tertiary/aromatic N) is 1. The molecule has 0 aliphatic heterocycles. The first kappa shape index (κ1) is 19.8. The number of guanidine groups is 1. The highest BCUT2D eigenvalue weighted by Gasteiger charge is 2.07. The monoisotopic (exact) mass is 430 g/mol. The summed E-state index contributed by atoms with van der Waals surface area (Å²) in [6.45, 7) is 5.69. The first-order valence-corrected chi connectivity index (χ1v) is 7.67. The van der Waals surface area contributed by atoms with E-state index in [0.29, 0.717) is 6.61 Å². The SMILES string of the molecule is CN=C(NCCc1c[nH]c2c(C)cccc12)NC(C)COC.I. The van der Waals surface area contributed by atoms with Crippen LogP contribution in [0.2, 0.25) is 0 Å². The summed E-state index contributed by atoms with van der Waals surface area (Å²) in [7, 11) is 3.48. The topological polar surface area (TPSA) is 61.4 Å². The summed E-state index contributed by atoms with van der Waals surface area (Å²) in [5.74, 6) is 0.806. The molecule has 1 atom stereocenters. The Morgan fingerprint density at radius 1 is 1.39 bits per heavy atom. The van der Waals surface area contributed by atoms with Gasteiger partial charge in [-0.2, -0.15) is 0 Å². The molecule has 1 heterocycles. The van der Waals surface area contributed by atoms with Gasteiger partial charge in [0.25, 0.3) is 0 Å². The number of methoxy groups -OCH3 is 1. The summed E-state index contributed by atoms with van der Waals surface area (Å²) < 4.78 is 5.12. The number of para-hydroxylation sites is 1. The zero-order valence-corrected chi connectivity index (χ0v) is 16.6. The van der Waals surface area contributed by atoms with Crippen molar-refractivity contribution < 1.29 is 4.74 Å². The molecule has 0 spiro atoms. The number of fused-ring (bicyclic) bond motifs is 1. The first-order chi connectivity index (χ1) is 10.7. The molecule has 5 nitrogen and oxygen atoms in total. The van der Waals surface area contributed by atoms with Gasteiger partial charge in [0.1, 0.15) is 0 Å². The number of hydrogen-bond donors (Lipinski definition) is 3. The summed E-state index contributed by atoms with van der Waals surface area (Å²) >= 11 is 0. The van der Waals surface area contributed by atoms with Gasteiger partial charge >= 0.3 is 0 Å². The molecule has 2 rings (SSSR count). The predicted molar refractivity (Wildman–Crippen MR) is 108 cm³/mol. The number of benzene rings is 1. The minimum absolute atomic E-state index is 0. The van der Waals surface area contributed by atoms with E-state index in [9.17, 15) is 0 Å². The zero-order valence-electron chi connectivity index (χ0n) is 14.3. The van der Waals surface area contributed by atoms with Crippen LogP contribution in [0.1, 0.15) is 18.1 Å². The van der Waals surface area contributed by atoms with Gasteiger partial charge in [-0.25, -0.2) is 0 Å². The van der Waals surface area contributed by atoms with E-state index in [-0.39, 0.29) is 30.0 Å². The number of nitrogens with one attached hydrogen (secondary N) is 3. The average Bonchev–Trinajstić information content (AvgIpc) is 2.91. The Hall–Kier alpha value is -1.28. The lowest BCUT2D eigenvalue weighted by molar-refractivity contribution is 0.179. The minimum Gasteiger partial charge on any atom is -0.383 e. The largest absolute Gasteiger partial charge is 0.383 e. The highest BCUT2D eigenvalue weighted by molar-refractivity contribution is 14.0. The molecule has 0 radical (unpaired) electrons. The summed E-state index contributed by atoms with van der Waals surface area (Å²) in [5, 5.41) is 7.95. The van der Waals surface area contributed by atoms with Gasteiger partial charge in [0, 0.05) is 43.8 Å². The van der Waals surface area contributed by atoms with Gasteiger partial charge in [-0.15, -0.1) is 24.0 Å². The van der Waals surface area contributed by atoms with Crippen LogP contribution in [0.3, 0.4) is 0 Å². The molecular weight excluding hydrogens is 403 g/mol. The maximum atomic E-state index is 5.12. The van der Waals surface area contributed by atoms with Crippen molar-refractivity contribution in [2.24, 2.45) is 4.99 Å². The van der Waals surface area contributed by atoms with E-state index in [2.05, 4.69) is 58.9 Å². The number of halogens is 1. The van der Waals surface area contributed by atoms with Crippen molar-refractivity contribution in [3.63, 3.8) is 0 Å². The average molecular weight is 430 g/mol. The summed E-state index contributed by atoms with van der Waals surface area (Å²) in [5.41, 5.74) is 3.84. The molecule has 1 aromatic heterocycles. The second-order valence-corrected chi connectivity index (χ2v) is 5.56. The number of aromatic amines is 1. The highest BCUT2D eigenvalue weighted by Crippen LogP contribution is 2.21. The van der Waals surface area contributed by atoms with Crippen molar-refractivity contribution in [3.8, 4) is 0 Å². The molecule has 0 aliphatic carbocycles. The lowest BCUT2D eigenvalue weighted by Crippen LogP contribution is -2.44. The maximum absolute atomic E-state index is 5.12. The third-order valence-corrected chi connectivity index (χ3v) is 3.72. The smallest absolute Gasteiger partial charge is 0.191 e. The van der Waals surface area contributed by atoms with Crippen molar-refractivity contribution in [2.75, 3.05) is 27.3 Å².